The number of nitrogens with one attached hydrogen (secondary N) is 1. The summed E-state index contributed by atoms with van der Waals surface area (Å²) >= 11 is 0. The number of ether oxygens (including phenoxy) is 1. The van der Waals surface area contributed by atoms with E-state index < -0.39 is 18.1 Å². The number of aromatic amines is 1. The highest BCUT2D eigenvalue weighted by molar-refractivity contribution is 6.16. The van der Waals surface area contributed by atoms with Crippen LogP contribution < -0.4 is 10.3 Å². The fraction of sp³-hybridized carbons (Fsp3) is 0.214. The molecule has 3 rings (SSSR count). The van der Waals surface area contributed by atoms with E-state index in [2.05, 4.69) is 14.9 Å². The van der Waals surface area contributed by atoms with Crippen LogP contribution in [0, 0.1) is 0 Å². The number of carboxylic acid groups (broad SMARTS) is 1. The molecule has 0 aliphatic carbocycles. The second kappa shape index (κ2) is 5.34. The summed E-state index contributed by atoms with van der Waals surface area (Å²) in [5, 5.41) is 15.6. The highest BCUT2D eigenvalue weighted by atomic mass is 19.3. The molecule has 0 fully saturated rings. The molecular formula is C14H10F2N2O5. The highest BCUT2D eigenvalue weighted by Gasteiger charge is 2.24. The predicted octanol–water partition coefficient (Wildman–Crippen LogP) is 2.53. The molecule has 0 saturated carbocycles. The molecular weight excluding hydrogens is 314 g/mol. The van der Waals surface area contributed by atoms with Crippen LogP contribution in [0.25, 0.3) is 21.9 Å². The first-order valence-corrected chi connectivity index (χ1v) is 6.58. The van der Waals surface area contributed by atoms with Crippen LogP contribution >= 0.6 is 0 Å². The number of H-pyrrole nitrogens is 1. The third kappa shape index (κ3) is 2.30. The van der Waals surface area contributed by atoms with Crippen LogP contribution in [0.5, 0.6) is 5.75 Å². The van der Waals surface area contributed by atoms with E-state index in [9.17, 15) is 23.5 Å². The first kappa shape index (κ1) is 14.9. The van der Waals surface area contributed by atoms with Gasteiger partial charge in [0, 0.05) is 5.39 Å². The van der Waals surface area contributed by atoms with Gasteiger partial charge in [0.25, 0.3) is 0 Å². The van der Waals surface area contributed by atoms with Gasteiger partial charge in [-0.3, -0.25) is 4.79 Å². The number of hydrogen-bond donors (Lipinski definition) is 2. The number of nitrogens with zero attached hydrogens (tertiary/aromatic N) is 1. The SMILES string of the molecule is CCc1n[nH]c(=O)c2oc3c(OC(F)F)ccc(C(=O)O)c3c12. The number of rotatable bonds is 4. The molecule has 1 aromatic carbocycles. The number of furan rings is 1. The van der Waals surface area contributed by atoms with Crippen molar-refractivity contribution in [2.45, 2.75) is 20.0 Å². The molecule has 2 aromatic heterocycles. The Balaban J connectivity index is 2.54. The van der Waals surface area contributed by atoms with Gasteiger partial charge in [0.15, 0.2) is 11.3 Å². The van der Waals surface area contributed by atoms with Crippen molar-refractivity contribution in [3.8, 4) is 5.75 Å². The van der Waals surface area contributed by atoms with Gasteiger partial charge in [0.2, 0.25) is 5.58 Å². The second-order valence-electron chi connectivity index (χ2n) is 4.66. The van der Waals surface area contributed by atoms with E-state index in [0.29, 0.717) is 12.1 Å². The fourth-order valence-electron chi connectivity index (χ4n) is 2.46. The normalized spacial score (nSPS) is 11.5. The van der Waals surface area contributed by atoms with Gasteiger partial charge in [-0.1, -0.05) is 6.92 Å². The zero-order valence-corrected chi connectivity index (χ0v) is 11.7. The summed E-state index contributed by atoms with van der Waals surface area (Å²) in [5.74, 6) is -1.64. The van der Waals surface area contributed by atoms with Crippen molar-refractivity contribution >= 4 is 27.9 Å². The molecule has 7 nitrogen and oxygen atoms in total. The Labute approximate surface area is 126 Å². The lowest BCUT2D eigenvalue weighted by Gasteiger charge is -2.06. The van der Waals surface area contributed by atoms with E-state index in [-0.39, 0.29) is 33.3 Å². The Hall–Kier alpha value is -2.97. The molecule has 0 aliphatic heterocycles. The summed E-state index contributed by atoms with van der Waals surface area (Å²) in [6.45, 7) is -1.37. The Morgan fingerprint density at radius 1 is 1.39 bits per heavy atom. The van der Waals surface area contributed by atoms with Crippen LogP contribution in [0.4, 0.5) is 8.78 Å². The number of halogens is 2. The maximum Gasteiger partial charge on any atom is 0.387 e. The van der Waals surface area contributed by atoms with E-state index in [1.54, 1.807) is 6.92 Å². The molecule has 120 valence electrons. The summed E-state index contributed by atoms with van der Waals surface area (Å²) in [5.41, 5.74) is -0.904. The van der Waals surface area contributed by atoms with Crippen molar-refractivity contribution in [1.82, 2.24) is 10.2 Å². The lowest BCUT2D eigenvalue weighted by Crippen LogP contribution is -2.09. The van der Waals surface area contributed by atoms with Crippen molar-refractivity contribution in [3.05, 3.63) is 33.7 Å². The maximum absolute atomic E-state index is 12.5. The summed E-state index contributed by atoms with van der Waals surface area (Å²) in [4.78, 5) is 23.3. The number of aryl methyl sites for hydroxylation is 1. The van der Waals surface area contributed by atoms with Crippen LogP contribution in [0.15, 0.2) is 21.3 Å². The molecule has 0 aliphatic rings. The largest absolute Gasteiger partial charge is 0.478 e. The quantitative estimate of drug-likeness (QED) is 0.764. The number of aromatic carboxylic acids is 1. The summed E-state index contributed by atoms with van der Waals surface area (Å²) in [7, 11) is 0. The van der Waals surface area contributed by atoms with E-state index in [0.717, 1.165) is 12.1 Å². The van der Waals surface area contributed by atoms with Gasteiger partial charge >= 0.3 is 18.1 Å². The second-order valence-corrected chi connectivity index (χ2v) is 4.66. The van der Waals surface area contributed by atoms with Gasteiger partial charge in [-0.2, -0.15) is 13.9 Å². The average molecular weight is 324 g/mol. The zero-order valence-electron chi connectivity index (χ0n) is 11.7. The zero-order chi connectivity index (χ0) is 16.7. The van der Waals surface area contributed by atoms with Crippen LogP contribution in [-0.2, 0) is 6.42 Å². The van der Waals surface area contributed by atoms with Gasteiger partial charge in [0.1, 0.15) is 0 Å². The number of alkyl halides is 2. The average Bonchev–Trinajstić information content (AvgIpc) is 2.89. The van der Waals surface area contributed by atoms with E-state index >= 15 is 0 Å². The van der Waals surface area contributed by atoms with Crippen molar-refractivity contribution in [3.63, 3.8) is 0 Å². The monoisotopic (exact) mass is 324 g/mol. The molecule has 2 N–H and O–H groups in total. The minimum absolute atomic E-state index is 0.0149. The predicted molar refractivity (Wildman–Crippen MR) is 75.1 cm³/mol. The summed E-state index contributed by atoms with van der Waals surface area (Å²) in [6.07, 6.45) is 0.376. The summed E-state index contributed by atoms with van der Waals surface area (Å²) < 4.78 is 34.8. The number of hydrogen-bond acceptors (Lipinski definition) is 5. The molecule has 0 spiro atoms. The van der Waals surface area contributed by atoms with E-state index in [1.807, 2.05) is 0 Å². The first-order chi connectivity index (χ1) is 10.9. The standard InChI is InChI=1S/C14H10F2N2O5/c1-2-6-9-8-5(13(20)21)3-4-7(22-14(15)16)10(8)23-11(9)12(19)18-17-6/h3-4,14H,2H2,1H3,(H,18,19)(H,20,21). The molecule has 9 heteroatoms. The molecule has 0 radical (unpaired) electrons. The smallest absolute Gasteiger partial charge is 0.387 e. The van der Waals surface area contributed by atoms with Crippen molar-refractivity contribution < 1.29 is 27.8 Å². The van der Waals surface area contributed by atoms with Gasteiger partial charge < -0.3 is 14.3 Å². The lowest BCUT2D eigenvalue weighted by atomic mass is 10.0. The number of aromatic nitrogens is 2. The fourth-order valence-corrected chi connectivity index (χ4v) is 2.46. The van der Waals surface area contributed by atoms with Crippen molar-refractivity contribution in [1.29, 1.82) is 0 Å². The van der Waals surface area contributed by atoms with Crippen LogP contribution in [0.2, 0.25) is 0 Å². The van der Waals surface area contributed by atoms with E-state index in [4.69, 9.17) is 4.42 Å². The molecule has 0 bridgehead atoms. The lowest BCUT2D eigenvalue weighted by molar-refractivity contribution is -0.0493. The van der Waals surface area contributed by atoms with Gasteiger partial charge in [-0.15, -0.1) is 0 Å². The van der Waals surface area contributed by atoms with Crippen molar-refractivity contribution in [2.75, 3.05) is 0 Å². The number of benzene rings is 1. The van der Waals surface area contributed by atoms with Gasteiger partial charge in [-0.05, 0) is 18.6 Å². The molecule has 0 saturated heterocycles. The van der Waals surface area contributed by atoms with E-state index in [1.165, 1.54) is 0 Å². The van der Waals surface area contributed by atoms with Crippen molar-refractivity contribution in [2.24, 2.45) is 0 Å². The molecule has 0 amide bonds. The third-order valence-electron chi connectivity index (χ3n) is 3.37. The Morgan fingerprint density at radius 2 is 2.13 bits per heavy atom. The molecule has 3 aromatic rings. The Bertz CT molecular complexity index is 977. The maximum atomic E-state index is 12.5. The molecule has 2 heterocycles. The van der Waals surface area contributed by atoms with Gasteiger partial charge in [-0.25, -0.2) is 9.89 Å². The Morgan fingerprint density at radius 3 is 2.74 bits per heavy atom. The highest BCUT2D eigenvalue weighted by Crippen LogP contribution is 2.37. The minimum atomic E-state index is -3.12. The minimum Gasteiger partial charge on any atom is -0.478 e. The number of fused-ring (bicyclic) bond motifs is 3. The van der Waals surface area contributed by atoms with Crippen LogP contribution in [0.3, 0.4) is 0 Å². The number of carbonyl (C=O) groups is 1. The Kier molecular flexibility index (Phi) is 3.47. The number of carboxylic acids is 1. The molecule has 0 atom stereocenters. The topological polar surface area (TPSA) is 105 Å². The van der Waals surface area contributed by atoms with Gasteiger partial charge in [0.05, 0.1) is 16.6 Å². The molecule has 23 heavy (non-hydrogen) atoms. The third-order valence-corrected chi connectivity index (χ3v) is 3.37. The summed E-state index contributed by atoms with van der Waals surface area (Å²) in [6, 6.07) is 2.19. The molecule has 0 unspecified atom stereocenters. The van der Waals surface area contributed by atoms with Crippen LogP contribution in [-0.4, -0.2) is 27.9 Å². The van der Waals surface area contributed by atoms with Crippen LogP contribution in [0.1, 0.15) is 23.0 Å². The first-order valence-electron chi connectivity index (χ1n) is 6.58.